The fraction of sp³-hybridized carbons (Fsp3) is 0. The Bertz CT molecular complexity index is 357. The van der Waals surface area contributed by atoms with Crippen LogP contribution in [0.25, 0.3) is 0 Å². The minimum atomic E-state index is 0.177. The van der Waals surface area contributed by atoms with Crippen molar-refractivity contribution in [3.05, 3.63) is 67.2 Å². The van der Waals surface area contributed by atoms with Gasteiger partial charge in [-0.3, -0.25) is 0 Å². The summed E-state index contributed by atoms with van der Waals surface area (Å²) in [5.41, 5.74) is 0. The Morgan fingerprint density at radius 1 is 0.667 bits per heavy atom. The first-order chi connectivity index (χ1) is 7.45. The normalized spacial score (nSPS) is 8.67. The predicted molar refractivity (Wildman–Crippen MR) is 62.9 cm³/mol. The molecule has 0 spiro atoms. The molecule has 1 nitrogen and oxygen atoms in total. The van der Waals surface area contributed by atoms with Crippen LogP contribution in [-0.2, 0) is 0 Å². The van der Waals surface area contributed by atoms with Crippen molar-refractivity contribution < 1.29 is 0 Å². The molecule has 15 heavy (non-hydrogen) atoms. The van der Waals surface area contributed by atoms with Crippen molar-refractivity contribution >= 4 is 24.5 Å². The molecule has 0 aliphatic heterocycles. The summed E-state index contributed by atoms with van der Waals surface area (Å²) in [4.78, 5) is 0. The van der Waals surface area contributed by atoms with Crippen molar-refractivity contribution in [3.63, 3.8) is 0 Å². The molecule has 2 heteroatoms. The van der Waals surface area contributed by atoms with Crippen LogP contribution >= 0.6 is 0 Å². The third-order valence-corrected chi connectivity index (χ3v) is 4.11. The average molecular weight is 255 g/mol. The monoisotopic (exact) mass is 255 g/mol. The van der Waals surface area contributed by atoms with Crippen molar-refractivity contribution in [2.75, 3.05) is 0 Å². The van der Waals surface area contributed by atoms with E-state index in [0.717, 1.165) is 0 Å². The van der Waals surface area contributed by atoms with Gasteiger partial charge < -0.3 is 11.8 Å². The first-order valence-electron chi connectivity index (χ1n) is 4.49. The third kappa shape index (κ3) is 4.02. The molecule has 0 N–H and O–H groups in total. The standard InChI is InChI=1S/C12H10As.CN/c1-3-7-11(8-4-1)13-12-9-5-2-6-10-12;1-2/h1-10H;/q;-1. The van der Waals surface area contributed by atoms with Gasteiger partial charge >= 0.3 is 85.1 Å². The maximum absolute atomic E-state index is 6.25. The van der Waals surface area contributed by atoms with Crippen molar-refractivity contribution in [3.8, 4) is 0 Å². The molecule has 0 bridgehead atoms. The number of hydrogen-bond acceptors (Lipinski definition) is 1. The van der Waals surface area contributed by atoms with Gasteiger partial charge in [-0.15, -0.1) is 0 Å². The summed E-state index contributed by atoms with van der Waals surface area (Å²) in [7, 11) is 0. The molecular weight excluding hydrogens is 245 g/mol. The summed E-state index contributed by atoms with van der Waals surface area (Å²) in [6.07, 6.45) is 0. The van der Waals surface area contributed by atoms with Crippen molar-refractivity contribution in [1.29, 1.82) is 5.26 Å². The van der Waals surface area contributed by atoms with Gasteiger partial charge in [0.15, 0.2) is 0 Å². The van der Waals surface area contributed by atoms with E-state index in [1.54, 1.807) is 0 Å². The van der Waals surface area contributed by atoms with Gasteiger partial charge in [0.05, 0.1) is 0 Å². The Balaban J connectivity index is 0.000000531. The van der Waals surface area contributed by atoms with E-state index in [0.29, 0.717) is 0 Å². The van der Waals surface area contributed by atoms with E-state index in [1.807, 2.05) is 0 Å². The van der Waals surface area contributed by atoms with Gasteiger partial charge in [-0.1, -0.05) is 0 Å². The number of hydrogen-bond donors (Lipinski definition) is 0. The minimum absolute atomic E-state index is 0.177. The summed E-state index contributed by atoms with van der Waals surface area (Å²) < 4.78 is 2.93. The second kappa shape index (κ2) is 6.87. The summed E-state index contributed by atoms with van der Waals surface area (Å²) in [6, 6.07) is 21.4. The van der Waals surface area contributed by atoms with E-state index < -0.39 is 0 Å². The Hall–Kier alpha value is -1.51. The Labute approximate surface area is 97.1 Å². The summed E-state index contributed by atoms with van der Waals surface area (Å²) in [5.74, 6) is 0. The van der Waals surface area contributed by atoms with Crippen LogP contribution in [0.4, 0.5) is 0 Å². The quantitative estimate of drug-likeness (QED) is 0.588. The average Bonchev–Trinajstić information content (AvgIpc) is 2.34. The Morgan fingerprint density at radius 2 is 1.00 bits per heavy atom. The molecule has 0 unspecified atom stereocenters. The molecule has 0 heterocycles. The van der Waals surface area contributed by atoms with Crippen LogP contribution in [0, 0.1) is 11.8 Å². The molecule has 0 atom stereocenters. The first kappa shape index (κ1) is 11.6. The van der Waals surface area contributed by atoms with Crippen LogP contribution in [0.3, 0.4) is 0 Å². The summed E-state index contributed by atoms with van der Waals surface area (Å²) >= 11 is 0.177. The second-order valence-corrected chi connectivity index (χ2v) is 5.42. The van der Waals surface area contributed by atoms with E-state index >= 15 is 0 Å². The molecule has 2 rings (SSSR count). The van der Waals surface area contributed by atoms with E-state index in [1.165, 1.54) is 8.70 Å². The van der Waals surface area contributed by atoms with Crippen LogP contribution in [0.5, 0.6) is 0 Å². The zero-order valence-electron chi connectivity index (χ0n) is 8.17. The van der Waals surface area contributed by atoms with Gasteiger partial charge in [-0.05, 0) is 0 Å². The fourth-order valence-corrected chi connectivity index (χ4v) is 3.13. The van der Waals surface area contributed by atoms with E-state index in [-0.39, 0.29) is 15.8 Å². The summed E-state index contributed by atoms with van der Waals surface area (Å²) in [6.45, 7) is 4.75. The molecule has 2 aromatic carbocycles. The van der Waals surface area contributed by atoms with Crippen LogP contribution in [0.15, 0.2) is 60.7 Å². The number of nitrogens with zero attached hydrogens (tertiary/aromatic N) is 1. The molecule has 73 valence electrons. The zero-order chi connectivity index (χ0) is 10.9. The van der Waals surface area contributed by atoms with Crippen LogP contribution in [0.1, 0.15) is 0 Å². The number of benzene rings is 2. The van der Waals surface area contributed by atoms with Crippen molar-refractivity contribution in [2.24, 2.45) is 0 Å². The zero-order valence-corrected chi connectivity index (χ0v) is 10.0. The number of rotatable bonds is 2. The molecule has 0 aromatic heterocycles. The van der Waals surface area contributed by atoms with Gasteiger partial charge in [0, 0.05) is 0 Å². The molecule has 2 aromatic rings. The van der Waals surface area contributed by atoms with Gasteiger partial charge in [0.25, 0.3) is 0 Å². The molecular formula is C13H10AsN-. The SMILES string of the molecule is [C-]#N.c1ccc([As]c2ccccc2)cc1. The van der Waals surface area contributed by atoms with Gasteiger partial charge in [0.2, 0.25) is 0 Å². The van der Waals surface area contributed by atoms with Gasteiger partial charge in [0.1, 0.15) is 0 Å². The van der Waals surface area contributed by atoms with Crippen LogP contribution in [-0.4, -0.2) is 15.8 Å². The molecule has 1 radical (unpaired) electrons. The van der Waals surface area contributed by atoms with Gasteiger partial charge in [-0.2, -0.15) is 0 Å². The van der Waals surface area contributed by atoms with E-state index in [2.05, 4.69) is 60.7 Å². The molecule has 0 aliphatic rings. The maximum atomic E-state index is 6.25. The predicted octanol–water partition coefficient (Wildman–Crippen LogP) is 1.44. The topological polar surface area (TPSA) is 23.8 Å². The molecule has 0 amide bonds. The van der Waals surface area contributed by atoms with Crippen molar-refractivity contribution in [2.45, 2.75) is 0 Å². The van der Waals surface area contributed by atoms with E-state index in [4.69, 9.17) is 11.8 Å². The van der Waals surface area contributed by atoms with Crippen LogP contribution < -0.4 is 8.70 Å². The second-order valence-electron chi connectivity index (χ2n) is 2.78. The van der Waals surface area contributed by atoms with Crippen LogP contribution in [0.2, 0.25) is 0 Å². The third-order valence-electron chi connectivity index (χ3n) is 1.77. The molecule has 0 saturated carbocycles. The van der Waals surface area contributed by atoms with E-state index in [9.17, 15) is 0 Å². The first-order valence-corrected chi connectivity index (χ1v) is 6.37. The molecule has 0 fully saturated rings. The Morgan fingerprint density at radius 3 is 1.33 bits per heavy atom. The van der Waals surface area contributed by atoms with Gasteiger partial charge in [-0.25, -0.2) is 0 Å². The Kier molecular flexibility index (Phi) is 5.30. The molecule has 0 saturated heterocycles. The summed E-state index contributed by atoms with van der Waals surface area (Å²) in [5, 5.41) is 6.25. The fourth-order valence-electron chi connectivity index (χ4n) is 1.15. The molecule has 0 aliphatic carbocycles. The van der Waals surface area contributed by atoms with Crippen molar-refractivity contribution in [1.82, 2.24) is 0 Å².